The number of ether oxygens (including phenoxy) is 2. The molecule has 1 aliphatic rings. The SMILES string of the molecule is Cc1ccc(C(=O)C[C@@H](CCNCC(=O)O)C(=O)N(C)[C@@H]2C(=O)C[C@@H](C)C(=O)N[C@H](C(=O)CCC#N)Cc3ccc(OCCN)c(c3)-c3cc2ccc3OCCN)c(C)c1. The average Bonchev–Trinajstić information content (AvgIpc) is 3.21. The van der Waals surface area contributed by atoms with Gasteiger partial charge in [0.05, 0.1) is 18.7 Å². The Hall–Kier alpha value is -5.95. The van der Waals surface area contributed by atoms with Crippen molar-refractivity contribution in [2.24, 2.45) is 23.3 Å². The third kappa shape index (κ3) is 12.5. The first-order valence-electron chi connectivity index (χ1n) is 20.1. The Morgan fingerprint density at radius 3 is 2.27 bits per heavy atom. The summed E-state index contributed by atoms with van der Waals surface area (Å²) in [5.41, 5.74) is 15.9. The molecule has 15 heteroatoms. The van der Waals surface area contributed by atoms with Crippen LogP contribution >= 0.6 is 0 Å². The molecule has 0 aromatic heterocycles. The van der Waals surface area contributed by atoms with E-state index >= 15 is 0 Å². The monoisotopic (exact) mass is 824 g/mol. The fourth-order valence-electron chi connectivity index (χ4n) is 7.37. The van der Waals surface area contributed by atoms with E-state index in [0.717, 1.165) is 11.1 Å². The lowest BCUT2D eigenvalue weighted by Crippen LogP contribution is -2.46. The van der Waals surface area contributed by atoms with E-state index in [1.54, 1.807) is 49.4 Å². The number of carboxylic acids is 1. The Bertz CT molecular complexity index is 2100. The Morgan fingerprint density at radius 2 is 1.63 bits per heavy atom. The molecule has 3 aromatic rings. The van der Waals surface area contributed by atoms with Gasteiger partial charge in [0, 0.05) is 74.3 Å². The summed E-state index contributed by atoms with van der Waals surface area (Å²) >= 11 is 0. The van der Waals surface area contributed by atoms with Crippen molar-refractivity contribution >= 4 is 35.1 Å². The van der Waals surface area contributed by atoms with E-state index in [1.165, 1.54) is 11.9 Å². The lowest BCUT2D eigenvalue weighted by atomic mass is 9.88. The number of carbonyl (C=O) groups excluding carboxylic acids is 5. The first-order valence-corrected chi connectivity index (χ1v) is 20.1. The summed E-state index contributed by atoms with van der Waals surface area (Å²) in [6.45, 7) is 5.74. The molecule has 0 unspecified atom stereocenters. The molecule has 0 spiro atoms. The lowest BCUT2D eigenvalue weighted by molar-refractivity contribution is -0.142. The van der Waals surface area contributed by atoms with Gasteiger partial charge in [0.15, 0.2) is 17.3 Å². The number of nitrogens with one attached hydrogen (secondary N) is 2. The van der Waals surface area contributed by atoms with E-state index in [0.29, 0.717) is 39.3 Å². The van der Waals surface area contributed by atoms with E-state index in [4.69, 9.17) is 20.9 Å². The standard InChI is InChI=1S/C45H56N6O9/c1-27-7-10-33(28(2)20-27)38(53)25-32(13-17-49-26-42(55)56)45(58)51(4)43-31-9-12-41(60-19-16-48)35(24-31)34-22-30(8-11-40(34)59-18-15-47)23-36(37(52)6-5-14-46)50-44(57)29(3)21-39(43)54/h7-12,20,22,24,29,32,36,43,49H,5-6,13,15-19,21,23,25-26,47-48H2,1-4H3,(H,50,57)(H,55,56)/t29-,32-,36+,43+/m1/s1. The lowest BCUT2D eigenvalue weighted by Gasteiger charge is -2.32. The van der Waals surface area contributed by atoms with Crippen LogP contribution in [0.4, 0.5) is 0 Å². The van der Waals surface area contributed by atoms with Crippen LogP contribution in [-0.4, -0.2) is 97.6 Å². The van der Waals surface area contributed by atoms with Crippen molar-refractivity contribution in [1.29, 1.82) is 5.26 Å². The molecular formula is C45H56N6O9. The number of nitrogens with zero attached hydrogens (tertiary/aromatic N) is 2. The summed E-state index contributed by atoms with van der Waals surface area (Å²) in [4.78, 5) is 82.9. The Kier molecular flexibility index (Phi) is 17.5. The molecule has 0 fully saturated rings. The second kappa shape index (κ2) is 22.4. The molecule has 1 heterocycles. The molecule has 4 bridgehead atoms. The third-order valence-electron chi connectivity index (χ3n) is 10.4. The minimum atomic E-state index is -1.27. The Balaban J connectivity index is 1.89. The van der Waals surface area contributed by atoms with Gasteiger partial charge in [-0.25, -0.2) is 0 Å². The molecule has 15 nitrogen and oxygen atoms in total. The summed E-state index contributed by atoms with van der Waals surface area (Å²) in [5.74, 6) is -4.39. The fraction of sp³-hybridized carbons (Fsp3) is 0.444. The van der Waals surface area contributed by atoms with Crippen LogP contribution in [-0.2, 0) is 30.4 Å². The molecule has 1 aliphatic heterocycles. The largest absolute Gasteiger partial charge is 0.492 e. The van der Waals surface area contributed by atoms with E-state index < -0.39 is 47.5 Å². The summed E-state index contributed by atoms with van der Waals surface area (Å²) in [6.07, 6.45) is -0.500. The number of hydrogen-bond acceptors (Lipinski definition) is 12. The zero-order chi connectivity index (χ0) is 43.9. The number of carbonyl (C=O) groups is 6. The highest BCUT2D eigenvalue weighted by Gasteiger charge is 2.36. The normalized spacial score (nSPS) is 17.1. The molecule has 320 valence electrons. The van der Waals surface area contributed by atoms with Gasteiger partial charge in [-0.05, 0) is 74.2 Å². The van der Waals surface area contributed by atoms with Crippen molar-refractivity contribution in [3.8, 4) is 28.7 Å². The second-order valence-corrected chi connectivity index (χ2v) is 15.2. The first kappa shape index (κ1) is 46.7. The molecule has 7 N–H and O–H groups in total. The number of rotatable bonds is 19. The highest BCUT2D eigenvalue weighted by molar-refractivity contribution is 6.01. The van der Waals surface area contributed by atoms with Gasteiger partial charge in [-0.1, -0.05) is 42.8 Å². The Morgan fingerprint density at radius 1 is 0.967 bits per heavy atom. The number of likely N-dealkylation sites (N-methyl/N-ethyl adjacent to an activating group) is 1. The molecule has 0 radical (unpaired) electrons. The average molecular weight is 825 g/mol. The predicted molar refractivity (Wildman–Crippen MR) is 224 cm³/mol. The molecule has 0 saturated carbocycles. The van der Waals surface area contributed by atoms with Crippen LogP contribution in [0.2, 0.25) is 0 Å². The van der Waals surface area contributed by atoms with Gasteiger partial charge >= 0.3 is 5.97 Å². The number of amides is 2. The minimum Gasteiger partial charge on any atom is -0.492 e. The van der Waals surface area contributed by atoms with Crippen LogP contribution in [0.5, 0.6) is 11.5 Å². The molecular weight excluding hydrogens is 769 g/mol. The summed E-state index contributed by atoms with van der Waals surface area (Å²) in [7, 11) is 1.47. The number of carboxylic acid groups (broad SMARTS) is 1. The predicted octanol–water partition coefficient (Wildman–Crippen LogP) is 3.61. The van der Waals surface area contributed by atoms with Crippen molar-refractivity contribution in [3.05, 3.63) is 82.4 Å². The highest BCUT2D eigenvalue weighted by atomic mass is 16.5. The Labute approximate surface area is 350 Å². The van der Waals surface area contributed by atoms with E-state index in [9.17, 15) is 39.1 Å². The number of ketones is 3. The van der Waals surface area contributed by atoms with Crippen LogP contribution < -0.4 is 31.6 Å². The first-order chi connectivity index (χ1) is 28.7. The number of nitriles is 1. The van der Waals surface area contributed by atoms with Crippen molar-refractivity contribution in [1.82, 2.24) is 15.5 Å². The van der Waals surface area contributed by atoms with Crippen LogP contribution in [0.3, 0.4) is 0 Å². The van der Waals surface area contributed by atoms with Crippen molar-refractivity contribution < 1.29 is 43.3 Å². The summed E-state index contributed by atoms with van der Waals surface area (Å²) in [5, 5.41) is 24.0. The van der Waals surface area contributed by atoms with Crippen molar-refractivity contribution in [2.45, 2.75) is 71.4 Å². The maximum atomic E-state index is 14.7. The van der Waals surface area contributed by atoms with E-state index in [1.807, 2.05) is 32.0 Å². The molecule has 4 rings (SSSR count). The summed E-state index contributed by atoms with van der Waals surface area (Å²) in [6, 6.07) is 15.5. The van der Waals surface area contributed by atoms with Crippen molar-refractivity contribution in [2.75, 3.05) is 46.4 Å². The number of aliphatic carboxylic acids is 1. The number of hydrogen-bond donors (Lipinski definition) is 5. The van der Waals surface area contributed by atoms with Gasteiger partial charge in [-0.3, -0.25) is 28.8 Å². The molecule has 0 aliphatic carbocycles. The maximum absolute atomic E-state index is 14.7. The number of benzene rings is 3. The zero-order valence-corrected chi connectivity index (χ0v) is 34.8. The van der Waals surface area contributed by atoms with Crippen LogP contribution in [0.1, 0.15) is 77.7 Å². The van der Waals surface area contributed by atoms with Crippen LogP contribution in [0.25, 0.3) is 11.1 Å². The quantitative estimate of drug-likeness (QED) is 0.0858. The summed E-state index contributed by atoms with van der Waals surface area (Å²) < 4.78 is 12.2. The molecule has 2 amide bonds. The van der Waals surface area contributed by atoms with Gasteiger partial charge in [-0.15, -0.1) is 0 Å². The van der Waals surface area contributed by atoms with Crippen LogP contribution in [0.15, 0.2) is 54.6 Å². The topological polar surface area (TPSA) is 244 Å². The minimum absolute atomic E-state index is 0.0418. The molecule has 0 saturated heterocycles. The van der Waals surface area contributed by atoms with Gasteiger partial charge in [0.1, 0.15) is 30.8 Å². The zero-order valence-electron chi connectivity index (χ0n) is 34.8. The fourth-order valence-corrected chi connectivity index (χ4v) is 7.37. The second-order valence-electron chi connectivity index (χ2n) is 15.2. The van der Waals surface area contributed by atoms with Crippen molar-refractivity contribution in [3.63, 3.8) is 0 Å². The maximum Gasteiger partial charge on any atom is 0.317 e. The van der Waals surface area contributed by atoms with E-state index in [2.05, 4.69) is 10.6 Å². The van der Waals surface area contributed by atoms with Gasteiger partial charge < -0.3 is 41.6 Å². The molecule has 4 atom stereocenters. The number of nitrogens with two attached hydrogens (primary N) is 2. The smallest absolute Gasteiger partial charge is 0.317 e. The van der Waals surface area contributed by atoms with Gasteiger partial charge in [0.2, 0.25) is 11.8 Å². The number of aryl methyl sites for hydroxylation is 2. The third-order valence-corrected chi connectivity index (χ3v) is 10.4. The molecule has 60 heavy (non-hydrogen) atoms. The molecule has 3 aromatic carbocycles. The van der Waals surface area contributed by atoms with Crippen LogP contribution in [0, 0.1) is 37.0 Å². The van der Waals surface area contributed by atoms with Gasteiger partial charge in [0.25, 0.3) is 0 Å². The highest BCUT2D eigenvalue weighted by Crippen LogP contribution is 2.41. The van der Waals surface area contributed by atoms with Gasteiger partial charge in [-0.2, -0.15) is 5.26 Å². The number of Topliss-reactive ketones (excluding diaryl/α,β-unsaturated/α-hetero) is 3. The van der Waals surface area contributed by atoms with E-state index in [-0.39, 0.29) is 89.5 Å². The number of fused-ring (bicyclic) bond motifs is 5.